The smallest absolute Gasteiger partial charge is 0.134 e. The van der Waals surface area contributed by atoms with Gasteiger partial charge in [-0.1, -0.05) is 6.07 Å². The van der Waals surface area contributed by atoms with Gasteiger partial charge in [-0.05, 0) is 46.5 Å². The molecule has 2 aromatic rings. The zero-order valence-electron chi connectivity index (χ0n) is 8.77. The van der Waals surface area contributed by atoms with Gasteiger partial charge in [-0.3, -0.25) is 4.98 Å². The molecule has 2 rings (SSSR count). The number of halogens is 1. The van der Waals surface area contributed by atoms with Crippen molar-refractivity contribution < 1.29 is 4.42 Å². The van der Waals surface area contributed by atoms with Gasteiger partial charge >= 0.3 is 0 Å². The SMILES string of the molecule is NC(CCc1cccnc1)c1occc1Br. The maximum absolute atomic E-state index is 6.04. The number of furan rings is 1. The van der Waals surface area contributed by atoms with Crippen LogP contribution in [0.15, 0.2) is 45.7 Å². The van der Waals surface area contributed by atoms with E-state index in [0.717, 1.165) is 23.1 Å². The molecule has 4 heteroatoms. The van der Waals surface area contributed by atoms with Crippen molar-refractivity contribution in [2.24, 2.45) is 5.73 Å². The van der Waals surface area contributed by atoms with E-state index in [1.807, 2.05) is 18.3 Å². The van der Waals surface area contributed by atoms with Crippen molar-refractivity contribution in [2.75, 3.05) is 0 Å². The maximum Gasteiger partial charge on any atom is 0.134 e. The molecular weight excluding hydrogens is 268 g/mol. The average Bonchev–Trinajstić information content (AvgIpc) is 2.74. The van der Waals surface area contributed by atoms with Crippen LogP contribution in [0.4, 0.5) is 0 Å². The Kier molecular flexibility index (Phi) is 3.74. The predicted molar refractivity (Wildman–Crippen MR) is 65.9 cm³/mol. The molecule has 0 amide bonds. The first-order valence-corrected chi connectivity index (χ1v) is 5.94. The minimum Gasteiger partial charge on any atom is -0.466 e. The average molecular weight is 281 g/mol. The Morgan fingerprint density at radius 1 is 1.44 bits per heavy atom. The van der Waals surface area contributed by atoms with Crippen LogP contribution >= 0.6 is 15.9 Å². The van der Waals surface area contributed by atoms with Crippen LogP contribution in [0.5, 0.6) is 0 Å². The Morgan fingerprint density at radius 3 is 2.94 bits per heavy atom. The predicted octanol–water partition coefficient (Wildman–Crippen LogP) is 3.07. The molecule has 2 aromatic heterocycles. The second-order valence-electron chi connectivity index (χ2n) is 3.64. The molecule has 0 bridgehead atoms. The molecule has 0 aliphatic rings. The molecule has 16 heavy (non-hydrogen) atoms. The fraction of sp³-hybridized carbons (Fsp3) is 0.250. The van der Waals surface area contributed by atoms with Crippen LogP contribution in [-0.4, -0.2) is 4.98 Å². The summed E-state index contributed by atoms with van der Waals surface area (Å²) < 4.78 is 6.26. The van der Waals surface area contributed by atoms with E-state index in [9.17, 15) is 0 Å². The first-order valence-electron chi connectivity index (χ1n) is 5.15. The minimum atomic E-state index is -0.0791. The first kappa shape index (κ1) is 11.4. The van der Waals surface area contributed by atoms with E-state index in [2.05, 4.69) is 27.0 Å². The van der Waals surface area contributed by atoms with Crippen LogP contribution in [0.1, 0.15) is 23.8 Å². The van der Waals surface area contributed by atoms with Crippen LogP contribution in [0.3, 0.4) is 0 Å². The fourth-order valence-electron chi connectivity index (χ4n) is 1.57. The summed E-state index contributed by atoms with van der Waals surface area (Å²) >= 11 is 3.41. The minimum absolute atomic E-state index is 0.0791. The molecule has 1 unspecified atom stereocenters. The zero-order valence-corrected chi connectivity index (χ0v) is 10.4. The molecular formula is C12H13BrN2O. The molecule has 2 heterocycles. The van der Waals surface area contributed by atoms with Gasteiger partial charge in [0.2, 0.25) is 0 Å². The van der Waals surface area contributed by atoms with Crippen molar-refractivity contribution in [3.63, 3.8) is 0 Å². The first-order chi connectivity index (χ1) is 7.77. The summed E-state index contributed by atoms with van der Waals surface area (Å²) in [4.78, 5) is 4.07. The highest BCUT2D eigenvalue weighted by Crippen LogP contribution is 2.25. The Hall–Kier alpha value is -1.13. The van der Waals surface area contributed by atoms with Gasteiger partial charge in [-0.2, -0.15) is 0 Å². The number of rotatable bonds is 4. The molecule has 1 atom stereocenters. The quantitative estimate of drug-likeness (QED) is 0.937. The molecule has 0 saturated heterocycles. The number of aromatic nitrogens is 1. The summed E-state index contributed by atoms with van der Waals surface area (Å²) in [5.41, 5.74) is 7.24. The lowest BCUT2D eigenvalue weighted by molar-refractivity contribution is 0.450. The van der Waals surface area contributed by atoms with E-state index >= 15 is 0 Å². The van der Waals surface area contributed by atoms with Gasteiger partial charge in [-0.15, -0.1) is 0 Å². The van der Waals surface area contributed by atoms with Crippen LogP contribution < -0.4 is 5.73 Å². The number of pyridine rings is 1. The van der Waals surface area contributed by atoms with Gasteiger partial charge in [-0.25, -0.2) is 0 Å². The van der Waals surface area contributed by atoms with Crippen LogP contribution in [0.25, 0.3) is 0 Å². The molecule has 2 N–H and O–H groups in total. The van der Waals surface area contributed by atoms with E-state index in [1.165, 1.54) is 5.56 Å². The highest BCUT2D eigenvalue weighted by molar-refractivity contribution is 9.10. The molecule has 0 radical (unpaired) electrons. The summed E-state index contributed by atoms with van der Waals surface area (Å²) in [5.74, 6) is 0.809. The normalized spacial score (nSPS) is 12.6. The number of nitrogens with zero attached hydrogens (tertiary/aromatic N) is 1. The molecule has 0 aliphatic carbocycles. The summed E-state index contributed by atoms with van der Waals surface area (Å²) in [6.07, 6.45) is 7.03. The van der Waals surface area contributed by atoms with Gasteiger partial charge in [0.15, 0.2) is 0 Å². The lowest BCUT2D eigenvalue weighted by Gasteiger charge is -2.09. The Balaban J connectivity index is 1.94. The van der Waals surface area contributed by atoms with Gasteiger partial charge in [0.25, 0.3) is 0 Å². The molecule has 0 saturated carbocycles. The summed E-state index contributed by atoms with van der Waals surface area (Å²) in [6.45, 7) is 0. The van der Waals surface area contributed by atoms with Crippen LogP contribution in [-0.2, 0) is 6.42 Å². The van der Waals surface area contributed by atoms with Gasteiger partial charge in [0, 0.05) is 12.4 Å². The lowest BCUT2D eigenvalue weighted by atomic mass is 10.1. The van der Waals surface area contributed by atoms with Crippen molar-refractivity contribution in [3.8, 4) is 0 Å². The van der Waals surface area contributed by atoms with E-state index in [0.29, 0.717) is 0 Å². The van der Waals surface area contributed by atoms with Crippen LogP contribution in [0, 0.1) is 0 Å². The maximum atomic E-state index is 6.04. The molecule has 0 aliphatic heterocycles. The van der Waals surface area contributed by atoms with E-state index in [1.54, 1.807) is 12.5 Å². The monoisotopic (exact) mass is 280 g/mol. The van der Waals surface area contributed by atoms with E-state index < -0.39 is 0 Å². The van der Waals surface area contributed by atoms with E-state index in [4.69, 9.17) is 10.2 Å². The van der Waals surface area contributed by atoms with Gasteiger partial charge < -0.3 is 10.2 Å². The number of aryl methyl sites for hydroxylation is 1. The van der Waals surface area contributed by atoms with Crippen LogP contribution in [0.2, 0.25) is 0 Å². The molecule has 84 valence electrons. The zero-order chi connectivity index (χ0) is 11.4. The number of nitrogens with two attached hydrogens (primary N) is 1. The van der Waals surface area contributed by atoms with Crippen molar-refractivity contribution in [1.82, 2.24) is 4.98 Å². The van der Waals surface area contributed by atoms with Crippen molar-refractivity contribution >= 4 is 15.9 Å². The lowest BCUT2D eigenvalue weighted by Crippen LogP contribution is -2.11. The Labute approximate surface area is 103 Å². The second kappa shape index (κ2) is 5.27. The highest BCUT2D eigenvalue weighted by Gasteiger charge is 2.13. The third kappa shape index (κ3) is 2.71. The Bertz CT molecular complexity index is 441. The highest BCUT2D eigenvalue weighted by atomic mass is 79.9. The summed E-state index contributed by atoms with van der Waals surface area (Å²) in [6, 6.07) is 5.77. The van der Waals surface area contributed by atoms with Gasteiger partial charge in [0.1, 0.15) is 5.76 Å². The molecule has 0 spiro atoms. The van der Waals surface area contributed by atoms with Crippen molar-refractivity contribution in [3.05, 3.63) is 52.7 Å². The number of hydrogen-bond donors (Lipinski definition) is 1. The second-order valence-corrected chi connectivity index (χ2v) is 4.49. The molecule has 3 nitrogen and oxygen atoms in total. The van der Waals surface area contributed by atoms with Crippen molar-refractivity contribution in [1.29, 1.82) is 0 Å². The standard InChI is InChI=1S/C12H13BrN2O/c13-10-5-7-16-12(10)11(14)4-3-9-2-1-6-15-8-9/h1-2,5-8,11H,3-4,14H2. The third-order valence-corrected chi connectivity index (χ3v) is 3.10. The largest absolute Gasteiger partial charge is 0.466 e. The number of hydrogen-bond acceptors (Lipinski definition) is 3. The third-order valence-electron chi connectivity index (χ3n) is 2.45. The topological polar surface area (TPSA) is 52.0 Å². The summed E-state index contributed by atoms with van der Waals surface area (Å²) in [7, 11) is 0. The fourth-order valence-corrected chi connectivity index (χ4v) is 2.06. The Morgan fingerprint density at radius 2 is 2.31 bits per heavy atom. The van der Waals surface area contributed by atoms with E-state index in [-0.39, 0.29) is 6.04 Å². The van der Waals surface area contributed by atoms with Gasteiger partial charge in [0.05, 0.1) is 16.8 Å². The van der Waals surface area contributed by atoms with Crippen molar-refractivity contribution in [2.45, 2.75) is 18.9 Å². The summed E-state index contributed by atoms with van der Waals surface area (Å²) in [5, 5.41) is 0. The molecule has 0 fully saturated rings. The molecule has 0 aromatic carbocycles.